The van der Waals surface area contributed by atoms with Gasteiger partial charge in [0.2, 0.25) is 0 Å². The van der Waals surface area contributed by atoms with Crippen LogP contribution in [0.3, 0.4) is 0 Å². The van der Waals surface area contributed by atoms with Crippen molar-refractivity contribution in [2.24, 2.45) is 0 Å². The first kappa shape index (κ1) is 14.3. The number of carbonyl (C=O) groups is 1. The minimum atomic E-state index is 0.0289. The van der Waals surface area contributed by atoms with Crippen LogP contribution in [0, 0.1) is 11.3 Å². The molecule has 0 spiro atoms. The molecule has 2 rings (SSSR count). The second-order valence-corrected chi connectivity index (χ2v) is 5.06. The van der Waals surface area contributed by atoms with Crippen molar-refractivity contribution in [3.05, 3.63) is 64.1 Å². The molecule has 2 aromatic carbocycles. The summed E-state index contributed by atoms with van der Waals surface area (Å²) in [6.45, 7) is 0.254. The maximum Gasteiger partial charge on any atom is 0.166 e. The zero-order valence-electron chi connectivity index (χ0n) is 10.7. The number of carbonyl (C=O) groups excluding carboxylic acids is 1. The Morgan fingerprint density at radius 3 is 2.65 bits per heavy atom. The van der Waals surface area contributed by atoms with E-state index < -0.39 is 0 Å². The van der Waals surface area contributed by atoms with E-state index in [-0.39, 0.29) is 18.8 Å². The number of halogens is 1. The van der Waals surface area contributed by atoms with Gasteiger partial charge in [0, 0.05) is 16.5 Å². The van der Waals surface area contributed by atoms with Crippen molar-refractivity contribution < 1.29 is 9.53 Å². The second-order valence-electron chi connectivity index (χ2n) is 4.14. The first-order valence-corrected chi connectivity index (χ1v) is 6.90. The molecule has 0 heterocycles. The number of hydrogen-bond acceptors (Lipinski definition) is 3. The summed E-state index contributed by atoms with van der Waals surface area (Å²) in [6.07, 6.45) is 0.283. The van der Waals surface area contributed by atoms with Crippen molar-refractivity contribution in [1.82, 2.24) is 0 Å². The number of Topliss-reactive ketones (excluding diaryl/α,β-unsaturated/α-hetero) is 1. The Morgan fingerprint density at radius 1 is 1.20 bits per heavy atom. The van der Waals surface area contributed by atoms with Crippen LogP contribution in [0.2, 0.25) is 0 Å². The number of hydrogen-bond donors (Lipinski definition) is 0. The quantitative estimate of drug-likeness (QED) is 0.780. The zero-order valence-corrected chi connectivity index (χ0v) is 12.3. The molecule has 0 radical (unpaired) electrons. The Morgan fingerprint density at radius 2 is 1.95 bits per heavy atom. The monoisotopic (exact) mass is 329 g/mol. The average molecular weight is 330 g/mol. The number of nitriles is 1. The van der Waals surface area contributed by atoms with Crippen LogP contribution in [0.4, 0.5) is 0 Å². The molecule has 2 aromatic rings. The third-order valence-corrected chi connectivity index (χ3v) is 3.24. The molecular formula is C16H12BrNO2. The van der Waals surface area contributed by atoms with Gasteiger partial charge in [-0.15, -0.1) is 0 Å². The van der Waals surface area contributed by atoms with Gasteiger partial charge in [-0.3, -0.25) is 4.79 Å². The summed E-state index contributed by atoms with van der Waals surface area (Å²) < 4.78 is 6.33. The van der Waals surface area contributed by atoms with Crippen molar-refractivity contribution in [3.63, 3.8) is 0 Å². The van der Waals surface area contributed by atoms with Crippen molar-refractivity contribution >= 4 is 21.7 Å². The molecule has 0 N–H and O–H groups in total. The Bertz CT molecular complexity index is 647. The van der Waals surface area contributed by atoms with Gasteiger partial charge >= 0.3 is 0 Å². The van der Waals surface area contributed by atoms with E-state index in [4.69, 9.17) is 10.00 Å². The minimum absolute atomic E-state index is 0.0289. The van der Waals surface area contributed by atoms with Crippen LogP contribution in [-0.4, -0.2) is 12.4 Å². The summed E-state index contributed by atoms with van der Waals surface area (Å²) in [6, 6.07) is 16.4. The summed E-state index contributed by atoms with van der Waals surface area (Å²) >= 11 is 3.30. The lowest BCUT2D eigenvalue weighted by molar-refractivity contribution is 0.0962. The first-order chi connectivity index (χ1) is 9.70. The summed E-state index contributed by atoms with van der Waals surface area (Å²) in [5, 5.41) is 9.01. The molecule has 0 amide bonds. The summed E-state index contributed by atoms with van der Waals surface area (Å²) in [7, 11) is 0. The normalized spacial score (nSPS) is 9.80. The van der Waals surface area contributed by atoms with Gasteiger partial charge in [-0.25, -0.2) is 0 Å². The van der Waals surface area contributed by atoms with Gasteiger partial charge in [0.05, 0.1) is 12.2 Å². The average Bonchev–Trinajstić information content (AvgIpc) is 2.49. The minimum Gasteiger partial charge on any atom is -0.492 e. The van der Waals surface area contributed by atoms with Crippen LogP contribution in [-0.2, 0) is 0 Å². The van der Waals surface area contributed by atoms with E-state index in [0.29, 0.717) is 16.9 Å². The van der Waals surface area contributed by atoms with Gasteiger partial charge in [0.15, 0.2) is 5.78 Å². The Balaban J connectivity index is 1.94. The molecule has 0 aromatic heterocycles. The van der Waals surface area contributed by atoms with Gasteiger partial charge in [0.25, 0.3) is 0 Å². The smallest absolute Gasteiger partial charge is 0.166 e. The molecular weight excluding hydrogens is 318 g/mol. The molecule has 20 heavy (non-hydrogen) atoms. The largest absolute Gasteiger partial charge is 0.492 e. The molecule has 0 saturated carbocycles. The van der Waals surface area contributed by atoms with Crippen LogP contribution in [0.15, 0.2) is 53.0 Å². The van der Waals surface area contributed by atoms with Crippen LogP contribution >= 0.6 is 15.9 Å². The Kier molecular flexibility index (Phi) is 4.91. The van der Waals surface area contributed by atoms with Crippen molar-refractivity contribution in [1.29, 1.82) is 5.26 Å². The number of benzene rings is 2. The summed E-state index contributed by atoms with van der Waals surface area (Å²) in [4.78, 5) is 11.9. The fraction of sp³-hybridized carbons (Fsp3) is 0.125. The van der Waals surface area contributed by atoms with E-state index in [0.717, 1.165) is 4.47 Å². The zero-order chi connectivity index (χ0) is 14.4. The fourth-order valence-corrected chi connectivity index (χ4v) is 2.10. The predicted octanol–water partition coefficient (Wildman–Crippen LogP) is 3.97. The van der Waals surface area contributed by atoms with E-state index in [1.165, 1.54) is 0 Å². The van der Waals surface area contributed by atoms with Crippen LogP contribution in [0.1, 0.15) is 22.3 Å². The van der Waals surface area contributed by atoms with Crippen molar-refractivity contribution in [3.8, 4) is 11.8 Å². The number of rotatable bonds is 5. The molecule has 0 fully saturated rings. The van der Waals surface area contributed by atoms with Gasteiger partial charge in [0.1, 0.15) is 11.8 Å². The lowest BCUT2D eigenvalue weighted by Gasteiger charge is -2.07. The van der Waals surface area contributed by atoms with Crippen LogP contribution in [0.5, 0.6) is 5.75 Å². The molecule has 0 atom stereocenters. The highest BCUT2D eigenvalue weighted by molar-refractivity contribution is 9.10. The first-order valence-electron chi connectivity index (χ1n) is 6.11. The highest BCUT2D eigenvalue weighted by Gasteiger charge is 2.07. The number of nitrogens with zero attached hydrogens (tertiary/aromatic N) is 1. The maximum atomic E-state index is 11.9. The summed E-state index contributed by atoms with van der Waals surface area (Å²) in [5.74, 6) is 0.526. The van der Waals surface area contributed by atoms with E-state index in [1.54, 1.807) is 30.3 Å². The SMILES string of the molecule is N#Cc1cc(Br)ccc1OCCC(=O)c1ccccc1. The second kappa shape index (κ2) is 6.88. The Labute approximate surface area is 125 Å². The van der Waals surface area contributed by atoms with E-state index in [1.807, 2.05) is 18.2 Å². The standard InChI is InChI=1S/C16H12BrNO2/c17-14-6-7-16(13(10-14)11-18)20-9-8-15(19)12-4-2-1-3-5-12/h1-7,10H,8-9H2. The molecule has 0 aliphatic carbocycles. The topological polar surface area (TPSA) is 50.1 Å². The van der Waals surface area contributed by atoms with E-state index in [9.17, 15) is 4.79 Å². The summed E-state index contributed by atoms with van der Waals surface area (Å²) in [5.41, 5.74) is 1.12. The molecule has 3 nitrogen and oxygen atoms in total. The predicted molar refractivity (Wildman–Crippen MR) is 79.7 cm³/mol. The van der Waals surface area contributed by atoms with Gasteiger partial charge < -0.3 is 4.74 Å². The fourth-order valence-electron chi connectivity index (χ4n) is 1.74. The highest BCUT2D eigenvalue weighted by atomic mass is 79.9. The lowest BCUT2D eigenvalue weighted by atomic mass is 10.1. The van der Waals surface area contributed by atoms with Gasteiger partial charge in [-0.05, 0) is 18.2 Å². The Hall–Kier alpha value is -2.12. The van der Waals surface area contributed by atoms with E-state index >= 15 is 0 Å². The lowest BCUT2D eigenvalue weighted by Crippen LogP contribution is -2.07. The third kappa shape index (κ3) is 3.69. The van der Waals surface area contributed by atoms with Crippen LogP contribution < -0.4 is 4.74 Å². The molecule has 0 aliphatic rings. The van der Waals surface area contributed by atoms with Crippen molar-refractivity contribution in [2.45, 2.75) is 6.42 Å². The molecule has 100 valence electrons. The highest BCUT2D eigenvalue weighted by Crippen LogP contribution is 2.22. The maximum absolute atomic E-state index is 11.9. The molecule has 4 heteroatoms. The third-order valence-electron chi connectivity index (χ3n) is 2.74. The van der Waals surface area contributed by atoms with Gasteiger partial charge in [-0.1, -0.05) is 46.3 Å². The van der Waals surface area contributed by atoms with Crippen LogP contribution in [0.25, 0.3) is 0 Å². The van der Waals surface area contributed by atoms with Gasteiger partial charge in [-0.2, -0.15) is 5.26 Å². The molecule has 0 bridgehead atoms. The number of ketones is 1. The molecule has 0 saturated heterocycles. The molecule has 0 unspecified atom stereocenters. The molecule has 0 aliphatic heterocycles. The number of ether oxygens (including phenoxy) is 1. The van der Waals surface area contributed by atoms with E-state index in [2.05, 4.69) is 22.0 Å². The van der Waals surface area contributed by atoms with Crippen molar-refractivity contribution in [2.75, 3.05) is 6.61 Å².